The second-order valence-corrected chi connectivity index (χ2v) is 10.1. The fraction of sp³-hybridized carbons (Fsp3) is 0.567. The molecule has 0 aromatic heterocycles. The predicted molar refractivity (Wildman–Crippen MR) is 136 cm³/mol. The lowest BCUT2D eigenvalue weighted by Crippen LogP contribution is -1.99. The average molecular weight is 421 g/mol. The average Bonchev–Trinajstić information content (AvgIpc) is 2.73. The number of Topliss-reactive ketones (excluding diaryl/α,β-unsaturated/α-hetero) is 1. The lowest BCUT2D eigenvalue weighted by atomic mass is 9.92. The third-order valence-corrected chi connectivity index (χ3v) is 6.20. The zero-order valence-corrected chi connectivity index (χ0v) is 20.7. The van der Waals surface area contributed by atoms with Crippen LogP contribution >= 0.6 is 0 Å². The number of aryl methyl sites for hydroxylation is 2. The van der Waals surface area contributed by atoms with E-state index in [1.54, 1.807) is 6.92 Å². The van der Waals surface area contributed by atoms with Gasteiger partial charge in [-0.3, -0.25) is 4.79 Å². The number of benzene rings is 2. The Balaban J connectivity index is 2.06. The van der Waals surface area contributed by atoms with Gasteiger partial charge in [-0.25, -0.2) is 0 Å². The van der Waals surface area contributed by atoms with Crippen molar-refractivity contribution in [1.82, 2.24) is 0 Å². The number of carbonyl (C=O) groups excluding carboxylic acids is 1. The third kappa shape index (κ3) is 9.42. The van der Waals surface area contributed by atoms with Crippen LogP contribution in [-0.4, -0.2) is 5.78 Å². The number of hydrogen-bond acceptors (Lipinski definition) is 1. The van der Waals surface area contributed by atoms with Crippen LogP contribution in [0.1, 0.15) is 107 Å². The van der Waals surface area contributed by atoms with E-state index in [4.69, 9.17) is 0 Å². The summed E-state index contributed by atoms with van der Waals surface area (Å²) in [5.74, 6) is 1.75. The van der Waals surface area contributed by atoms with Gasteiger partial charge in [-0.2, -0.15) is 0 Å². The Bertz CT molecular complexity index is 800. The molecule has 1 nitrogen and oxygen atoms in total. The predicted octanol–water partition coefficient (Wildman–Crippen LogP) is 9.07. The van der Waals surface area contributed by atoms with E-state index in [0.717, 1.165) is 35.8 Å². The van der Waals surface area contributed by atoms with Crippen LogP contribution in [0.5, 0.6) is 0 Å². The minimum Gasteiger partial charge on any atom is -0.294 e. The van der Waals surface area contributed by atoms with Crippen LogP contribution in [0.25, 0.3) is 11.1 Å². The Morgan fingerprint density at radius 3 is 1.84 bits per heavy atom. The van der Waals surface area contributed by atoms with Crippen molar-refractivity contribution in [1.29, 1.82) is 0 Å². The Hall–Kier alpha value is -1.89. The Morgan fingerprint density at radius 1 is 0.710 bits per heavy atom. The molecule has 0 aliphatic rings. The lowest BCUT2D eigenvalue weighted by molar-refractivity contribution is 0.101. The van der Waals surface area contributed by atoms with E-state index >= 15 is 0 Å². The van der Waals surface area contributed by atoms with Gasteiger partial charge in [-0.15, -0.1) is 0 Å². The largest absolute Gasteiger partial charge is 0.294 e. The molecular weight excluding hydrogens is 376 g/mol. The van der Waals surface area contributed by atoms with Crippen molar-refractivity contribution in [3.63, 3.8) is 0 Å². The fourth-order valence-corrected chi connectivity index (χ4v) is 4.30. The molecule has 0 amide bonds. The van der Waals surface area contributed by atoms with Crippen molar-refractivity contribution in [2.75, 3.05) is 0 Å². The first-order valence-electron chi connectivity index (χ1n) is 12.6. The Kier molecular flexibility index (Phi) is 11.1. The molecule has 0 radical (unpaired) electrons. The van der Waals surface area contributed by atoms with Crippen molar-refractivity contribution in [3.05, 3.63) is 59.2 Å². The van der Waals surface area contributed by atoms with Crippen molar-refractivity contribution in [3.8, 4) is 11.1 Å². The molecule has 170 valence electrons. The van der Waals surface area contributed by atoms with Gasteiger partial charge in [0.15, 0.2) is 5.78 Å². The van der Waals surface area contributed by atoms with Crippen molar-refractivity contribution < 1.29 is 4.79 Å². The fourth-order valence-electron chi connectivity index (χ4n) is 4.30. The van der Waals surface area contributed by atoms with E-state index in [9.17, 15) is 4.79 Å². The molecule has 0 spiro atoms. The van der Waals surface area contributed by atoms with E-state index in [-0.39, 0.29) is 5.78 Å². The summed E-state index contributed by atoms with van der Waals surface area (Å²) in [7, 11) is 0. The smallest absolute Gasteiger partial charge is 0.160 e. The molecule has 0 unspecified atom stereocenters. The van der Waals surface area contributed by atoms with Gasteiger partial charge in [-0.05, 0) is 66.7 Å². The molecule has 2 aromatic rings. The lowest BCUT2D eigenvalue weighted by Gasteiger charge is -2.12. The molecule has 0 heterocycles. The van der Waals surface area contributed by atoms with E-state index in [0.29, 0.717) is 0 Å². The summed E-state index contributed by atoms with van der Waals surface area (Å²) in [5, 5.41) is 0. The second kappa shape index (κ2) is 13.5. The highest BCUT2D eigenvalue weighted by Crippen LogP contribution is 2.28. The molecule has 0 saturated carbocycles. The highest BCUT2D eigenvalue weighted by atomic mass is 16.1. The monoisotopic (exact) mass is 420 g/mol. The van der Waals surface area contributed by atoms with Crippen molar-refractivity contribution in [2.24, 2.45) is 11.8 Å². The number of carbonyl (C=O) groups is 1. The first-order valence-corrected chi connectivity index (χ1v) is 12.6. The highest BCUT2D eigenvalue weighted by molar-refractivity contribution is 6.01. The topological polar surface area (TPSA) is 17.1 Å². The number of unbranched alkanes of at least 4 members (excludes halogenated alkanes) is 4. The Labute approximate surface area is 191 Å². The molecule has 0 aliphatic heterocycles. The van der Waals surface area contributed by atoms with Gasteiger partial charge in [0.1, 0.15) is 0 Å². The molecule has 31 heavy (non-hydrogen) atoms. The van der Waals surface area contributed by atoms with Gasteiger partial charge in [0.25, 0.3) is 0 Å². The van der Waals surface area contributed by atoms with Crippen LogP contribution in [0.15, 0.2) is 42.5 Å². The molecule has 2 rings (SSSR count). The first kappa shape index (κ1) is 25.4. The molecule has 0 saturated heterocycles. The molecule has 0 bridgehead atoms. The zero-order chi connectivity index (χ0) is 22.6. The quantitative estimate of drug-likeness (QED) is 0.220. The number of ketones is 1. The van der Waals surface area contributed by atoms with E-state index in [1.165, 1.54) is 68.1 Å². The molecule has 0 atom stereocenters. The molecule has 1 heteroatoms. The van der Waals surface area contributed by atoms with Gasteiger partial charge in [0, 0.05) is 5.56 Å². The summed E-state index contributed by atoms with van der Waals surface area (Å²) >= 11 is 0. The van der Waals surface area contributed by atoms with E-state index < -0.39 is 0 Å². The summed E-state index contributed by atoms with van der Waals surface area (Å²) < 4.78 is 0. The summed E-state index contributed by atoms with van der Waals surface area (Å²) in [4.78, 5) is 12.3. The van der Waals surface area contributed by atoms with Gasteiger partial charge in [-0.1, -0.05) is 109 Å². The van der Waals surface area contributed by atoms with Crippen LogP contribution in [-0.2, 0) is 12.8 Å². The first-order chi connectivity index (χ1) is 14.9. The molecular formula is C30H44O. The number of hydrogen-bond donors (Lipinski definition) is 0. The normalized spacial score (nSPS) is 11.5. The minimum absolute atomic E-state index is 0.151. The maximum atomic E-state index is 12.3. The van der Waals surface area contributed by atoms with Gasteiger partial charge >= 0.3 is 0 Å². The van der Waals surface area contributed by atoms with Crippen molar-refractivity contribution in [2.45, 2.75) is 98.8 Å². The van der Waals surface area contributed by atoms with Gasteiger partial charge in [0.05, 0.1) is 0 Å². The maximum absolute atomic E-state index is 12.3. The SMILES string of the molecule is CC(=O)c1ccc(CCCCCC(C)C)cc1-c1cccc(CCCCCC(C)C)c1. The Morgan fingerprint density at radius 2 is 1.29 bits per heavy atom. The molecule has 2 aromatic carbocycles. The van der Waals surface area contributed by atoms with Gasteiger partial charge in [0.2, 0.25) is 0 Å². The number of rotatable bonds is 14. The maximum Gasteiger partial charge on any atom is 0.160 e. The second-order valence-electron chi connectivity index (χ2n) is 10.1. The summed E-state index contributed by atoms with van der Waals surface area (Å²) in [6, 6.07) is 15.3. The molecule has 0 aliphatic carbocycles. The summed E-state index contributed by atoms with van der Waals surface area (Å²) in [6.07, 6.45) is 12.6. The van der Waals surface area contributed by atoms with E-state index in [2.05, 4.69) is 64.1 Å². The van der Waals surface area contributed by atoms with Crippen LogP contribution in [0.4, 0.5) is 0 Å². The van der Waals surface area contributed by atoms with Gasteiger partial charge < -0.3 is 0 Å². The molecule has 0 N–H and O–H groups in total. The highest BCUT2D eigenvalue weighted by Gasteiger charge is 2.11. The summed E-state index contributed by atoms with van der Waals surface area (Å²) in [6.45, 7) is 10.9. The summed E-state index contributed by atoms with van der Waals surface area (Å²) in [5.41, 5.74) is 5.87. The van der Waals surface area contributed by atoms with E-state index in [1.807, 2.05) is 6.07 Å². The molecule has 0 fully saturated rings. The third-order valence-electron chi connectivity index (χ3n) is 6.20. The van der Waals surface area contributed by atoms with Crippen LogP contribution in [0, 0.1) is 11.8 Å². The van der Waals surface area contributed by atoms with Crippen LogP contribution in [0.2, 0.25) is 0 Å². The van der Waals surface area contributed by atoms with Crippen LogP contribution in [0.3, 0.4) is 0 Å². The van der Waals surface area contributed by atoms with Crippen LogP contribution < -0.4 is 0 Å². The van der Waals surface area contributed by atoms with Crippen molar-refractivity contribution >= 4 is 5.78 Å². The zero-order valence-electron chi connectivity index (χ0n) is 20.7. The minimum atomic E-state index is 0.151. The standard InChI is InChI=1S/C30H44O/c1-23(2)13-8-6-10-15-26-17-12-18-28(21-26)30-22-27(19-20-29(30)25(5)31)16-11-7-9-14-24(3)4/h12,17-24H,6-11,13-16H2,1-5H3.